The van der Waals surface area contributed by atoms with Crippen molar-refractivity contribution < 1.29 is 14.3 Å². The fourth-order valence-corrected chi connectivity index (χ4v) is 1.65. The monoisotopic (exact) mass is 267 g/mol. The Labute approximate surface area is 93.7 Å². The highest BCUT2D eigenvalue weighted by Gasteiger charge is 2.19. The molecule has 0 aromatic carbocycles. The molecule has 5 heteroatoms. The van der Waals surface area contributed by atoms with Crippen molar-refractivity contribution in [3.05, 3.63) is 0 Å². The number of nitrogens with zero attached hydrogens (tertiary/aromatic N) is 1. The van der Waals surface area contributed by atoms with E-state index in [1.807, 2.05) is 18.9 Å². The van der Waals surface area contributed by atoms with Crippen LogP contribution in [0.4, 0.5) is 0 Å². The summed E-state index contributed by atoms with van der Waals surface area (Å²) < 4.78 is 9.63. The summed E-state index contributed by atoms with van der Waals surface area (Å²) in [5.41, 5.74) is 0. The third-order valence-corrected chi connectivity index (χ3v) is 2.73. The Morgan fingerprint density at radius 2 is 2.07 bits per heavy atom. The number of carbonyl (C=O) groups is 1. The Morgan fingerprint density at radius 3 is 2.50 bits per heavy atom. The van der Waals surface area contributed by atoms with Gasteiger partial charge in [0.1, 0.15) is 4.83 Å². The number of halogens is 1. The average Bonchev–Trinajstić information content (AvgIpc) is 2.16. The maximum atomic E-state index is 11.1. The van der Waals surface area contributed by atoms with Gasteiger partial charge in [-0.2, -0.15) is 0 Å². The van der Waals surface area contributed by atoms with E-state index in [0.717, 1.165) is 0 Å². The van der Waals surface area contributed by atoms with Crippen LogP contribution in [0.3, 0.4) is 0 Å². The maximum absolute atomic E-state index is 11.1. The standard InChI is InChI=1S/C9H18BrNO3/c1-7(6-13-3)11(2)5-8(10)9(12)14-4/h7-8H,5-6H2,1-4H3. The summed E-state index contributed by atoms with van der Waals surface area (Å²) >= 11 is 3.27. The van der Waals surface area contributed by atoms with Gasteiger partial charge in [-0.05, 0) is 14.0 Å². The lowest BCUT2D eigenvalue weighted by atomic mass is 10.3. The van der Waals surface area contributed by atoms with E-state index in [-0.39, 0.29) is 16.8 Å². The molecule has 0 saturated heterocycles. The van der Waals surface area contributed by atoms with Crippen molar-refractivity contribution in [3.63, 3.8) is 0 Å². The van der Waals surface area contributed by atoms with E-state index in [2.05, 4.69) is 20.7 Å². The second-order valence-corrected chi connectivity index (χ2v) is 4.34. The van der Waals surface area contributed by atoms with Gasteiger partial charge in [-0.15, -0.1) is 0 Å². The van der Waals surface area contributed by atoms with Gasteiger partial charge in [0, 0.05) is 19.7 Å². The largest absolute Gasteiger partial charge is 0.468 e. The Kier molecular flexibility index (Phi) is 7.13. The van der Waals surface area contributed by atoms with Crippen molar-refractivity contribution in [2.45, 2.75) is 17.8 Å². The van der Waals surface area contributed by atoms with Gasteiger partial charge in [0.2, 0.25) is 0 Å². The molecule has 0 aromatic rings. The smallest absolute Gasteiger partial charge is 0.320 e. The summed E-state index contributed by atoms with van der Waals surface area (Å²) in [5.74, 6) is -0.249. The van der Waals surface area contributed by atoms with Crippen molar-refractivity contribution in [1.82, 2.24) is 4.90 Å². The summed E-state index contributed by atoms with van der Waals surface area (Å²) in [7, 11) is 4.99. The number of likely N-dealkylation sites (N-methyl/N-ethyl adjacent to an activating group) is 1. The molecule has 14 heavy (non-hydrogen) atoms. The first-order valence-corrected chi connectivity index (χ1v) is 5.35. The van der Waals surface area contributed by atoms with Crippen LogP contribution in [0, 0.1) is 0 Å². The minimum Gasteiger partial charge on any atom is -0.468 e. The second-order valence-electron chi connectivity index (χ2n) is 3.23. The SMILES string of the molecule is COCC(C)N(C)CC(Br)C(=O)OC. The molecule has 2 unspecified atom stereocenters. The highest BCUT2D eigenvalue weighted by atomic mass is 79.9. The van der Waals surface area contributed by atoms with Gasteiger partial charge in [-0.3, -0.25) is 9.69 Å². The van der Waals surface area contributed by atoms with E-state index in [1.165, 1.54) is 7.11 Å². The van der Waals surface area contributed by atoms with Gasteiger partial charge in [-0.1, -0.05) is 15.9 Å². The molecule has 0 N–H and O–H groups in total. The van der Waals surface area contributed by atoms with Gasteiger partial charge in [-0.25, -0.2) is 0 Å². The molecule has 0 fully saturated rings. The number of hydrogen-bond acceptors (Lipinski definition) is 4. The maximum Gasteiger partial charge on any atom is 0.320 e. The van der Waals surface area contributed by atoms with Crippen molar-refractivity contribution in [3.8, 4) is 0 Å². The first kappa shape index (κ1) is 13.9. The van der Waals surface area contributed by atoms with E-state index < -0.39 is 0 Å². The lowest BCUT2D eigenvalue weighted by Crippen LogP contribution is -2.39. The number of ether oxygens (including phenoxy) is 2. The molecule has 0 saturated carbocycles. The van der Waals surface area contributed by atoms with Crippen LogP contribution >= 0.6 is 15.9 Å². The molecular weight excluding hydrogens is 250 g/mol. The van der Waals surface area contributed by atoms with Crippen molar-refractivity contribution in [2.75, 3.05) is 34.4 Å². The molecule has 0 rings (SSSR count). The van der Waals surface area contributed by atoms with Crippen molar-refractivity contribution in [2.24, 2.45) is 0 Å². The molecule has 0 spiro atoms. The minimum atomic E-state index is -0.281. The van der Waals surface area contributed by atoms with Gasteiger partial charge in [0.05, 0.1) is 13.7 Å². The Hall–Kier alpha value is -0.130. The quantitative estimate of drug-likeness (QED) is 0.529. The number of methoxy groups -OCH3 is 2. The summed E-state index contributed by atoms with van der Waals surface area (Å²) in [6.07, 6.45) is 0. The molecule has 0 aliphatic heterocycles. The number of esters is 1. The van der Waals surface area contributed by atoms with E-state index in [9.17, 15) is 4.79 Å². The van der Waals surface area contributed by atoms with Crippen molar-refractivity contribution in [1.29, 1.82) is 0 Å². The van der Waals surface area contributed by atoms with Crippen LogP contribution < -0.4 is 0 Å². The first-order valence-electron chi connectivity index (χ1n) is 4.44. The molecule has 2 atom stereocenters. The summed E-state index contributed by atoms with van der Waals surface area (Å²) in [5, 5.41) is 0. The molecule has 0 aromatic heterocycles. The zero-order chi connectivity index (χ0) is 11.1. The molecule has 0 heterocycles. The van der Waals surface area contributed by atoms with Crippen molar-refractivity contribution >= 4 is 21.9 Å². The third-order valence-electron chi connectivity index (χ3n) is 2.07. The highest BCUT2D eigenvalue weighted by molar-refractivity contribution is 9.10. The topological polar surface area (TPSA) is 38.8 Å². The minimum absolute atomic E-state index is 0.249. The average molecular weight is 268 g/mol. The lowest BCUT2D eigenvalue weighted by molar-refractivity contribution is -0.140. The Bertz CT molecular complexity index is 177. The van der Waals surface area contributed by atoms with Crippen LogP contribution in [0.1, 0.15) is 6.92 Å². The van der Waals surface area contributed by atoms with Gasteiger partial charge in [0.15, 0.2) is 0 Å². The zero-order valence-corrected chi connectivity index (χ0v) is 10.7. The predicted molar refractivity (Wildman–Crippen MR) is 58.7 cm³/mol. The number of hydrogen-bond donors (Lipinski definition) is 0. The predicted octanol–water partition coefficient (Wildman–Crippen LogP) is 0.890. The molecule has 0 bridgehead atoms. The Morgan fingerprint density at radius 1 is 1.50 bits per heavy atom. The second kappa shape index (κ2) is 7.20. The van der Waals surface area contributed by atoms with Crippen LogP contribution in [0.15, 0.2) is 0 Å². The van der Waals surface area contributed by atoms with Crippen LogP contribution in [0.25, 0.3) is 0 Å². The lowest BCUT2D eigenvalue weighted by Gasteiger charge is -2.25. The molecule has 0 aliphatic rings. The Balaban J connectivity index is 3.91. The van der Waals surface area contributed by atoms with Crippen LogP contribution in [-0.4, -0.2) is 56.2 Å². The molecule has 0 radical (unpaired) electrons. The molecule has 0 amide bonds. The molecule has 0 aliphatic carbocycles. The van der Waals surface area contributed by atoms with Crippen LogP contribution in [0.5, 0.6) is 0 Å². The number of rotatable bonds is 6. The highest BCUT2D eigenvalue weighted by Crippen LogP contribution is 2.06. The third kappa shape index (κ3) is 4.93. The molecular formula is C9H18BrNO3. The van der Waals surface area contributed by atoms with Gasteiger partial charge < -0.3 is 9.47 Å². The zero-order valence-electron chi connectivity index (χ0n) is 9.12. The first-order chi connectivity index (χ1) is 6.52. The molecule has 84 valence electrons. The number of alkyl halides is 1. The summed E-state index contributed by atoms with van der Waals surface area (Å²) in [6, 6.07) is 0.282. The normalized spacial score (nSPS) is 15.3. The number of carbonyl (C=O) groups excluding carboxylic acids is 1. The van der Waals surface area contributed by atoms with Crippen LogP contribution in [0.2, 0.25) is 0 Å². The van der Waals surface area contributed by atoms with E-state index in [0.29, 0.717) is 13.2 Å². The van der Waals surface area contributed by atoms with E-state index in [4.69, 9.17) is 4.74 Å². The fraction of sp³-hybridized carbons (Fsp3) is 0.889. The fourth-order valence-electron chi connectivity index (χ4n) is 1.00. The molecule has 4 nitrogen and oxygen atoms in total. The van der Waals surface area contributed by atoms with E-state index in [1.54, 1.807) is 7.11 Å². The van der Waals surface area contributed by atoms with Gasteiger partial charge in [0.25, 0.3) is 0 Å². The van der Waals surface area contributed by atoms with E-state index >= 15 is 0 Å². The van der Waals surface area contributed by atoms with Crippen LogP contribution in [-0.2, 0) is 14.3 Å². The summed E-state index contributed by atoms with van der Waals surface area (Å²) in [4.78, 5) is 12.9. The summed E-state index contributed by atoms with van der Waals surface area (Å²) in [6.45, 7) is 3.30. The van der Waals surface area contributed by atoms with Gasteiger partial charge >= 0.3 is 5.97 Å².